The number of carbonyl (C=O) groups excluding carboxylic acids is 1. The smallest absolute Gasteiger partial charge is 0.253 e. The van der Waals surface area contributed by atoms with Gasteiger partial charge in [-0.05, 0) is 36.1 Å². The number of hydrogen-bond acceptors (Lipinski definition) is 6. The Labute approximate surface area is 204 Å². The summed E-state index contributed by atoms with van der Waals surface area (Å²) >= 11 is 1.46. The molecule has 176 valence electrons. The molecule has 3 aromatic rings. The van der Waals surface area contributed by atoms with Crippen molar-refractivity contribution in [2.75, 3.05) is 12.9 Å². The van der Waals surface area contributed by atoms with E-state index in [0.717, 1.165) is 46.4 Å². The van der Waals surface area contributed by atoms with E-state index in [1.807, 2.05) is 54.6 Å². The van der Waals surface area contributed by atoms with Gasteiger partial charge in [-0.2, -0.15) is 5.10 Å². The van der Waals surface area contributed by atoms with Crippen LogP contribution in [0.4, 0.5) is 0 Å². The minimum Gasteiger partial charge on any atom is -0.497 e. The number of carbonyl (C=O) groups is 1. The van der Waals surface area contributed by atoms with Gasteiger partial charge in [-0.25, -0.2) is 5.01 Å². The number of hydrazone groups is 1. The number of amides is 1. The number of nitrogens with zero attached hydrogens (tertiary/aromatic N) is 5. The second kappa shape index (κ2) is 9.62. The molecule has 2 aliphatic rings. The third-order valence-electron chi connectivity index (χ3n) is 6.22. The van der Waals surface area contributed by atoms with Crippen molar-refractivity contribution in [2.24, 2.45) is 5.10 Å². The highest BCUT2D eigenvalue weighted by Gasteiger charge is 2.34. The van der Waals surface area contributed by atoms with E-state index in [1.165, 1.54) is 11.8 Å². The maximum atomic E-state index is 13.5. The summed E-state index contributed by atoms with van der Waals surface area (Å²) in [6.07, 6.45) is 2.97. The van der Waals surface area contributed by atoms with Gasteiger partial charge in [0.1, 0.15) is 11.6 Å². The highest BCUT2D eigenvalue weighted by atomic mass is 32.2. The van der Waals surface area contributed by atoms with Crippen molar-refractivity contribution >= 4 is 23.4 Å². The predicted octanol–water partition coefficient (Wildman–Crippen LogP) is 5.22. The quantitative estimate of drug-likeness (QED) is 0.418. The Morgan fingerprint density at radius 1 is 1.09 bits per heavy atom. The minimum absolute atomic E-state index is 0.0341. The molecule has 1 aliphatic carbocycles. The van der Waals surface area contributed by atoms with Crippen molar-refractivity contribution in [3.05, 3.63) is 71.5 Å². The number of ether oxygens (including phenoxy) is 1. The average Bonchev–Trinajstić information content (AvgIpc) is 3.45. The molecule has 1 saturated carbocycles. The van der Waals surface area contributed by atoms with E-state index in [4.69, 9.17) is 9.84 Å². The molecule has 0 spiro atoms. The van der Waals surface area contributed by atoms with Crippen LogP contribution >= 0.6 is 11.8 Å². The summed E-state index contributed by atoms with van der Waals surface area (Å²) in [7, 11) is 1.65. The second-order valence-corrected chi connectivity index (χ2v) is 9.97. The Hall–Kier alpha value is -3.13. The molecule has 7 nitrogen and oxygen atoms in total. The van der Waals surface area contributed by atoms with Crippen LogP contribution in [0, 0.1) is 0 Å². The third-order valence-corrected chi connectivity index (χ3v) is 7.15. The van der Waals surface area contributed by atoms with Crippen LogP contribution in [0.1, 0.15) is 68.1 Å². The molecule has 0 bridgehead atoms. The van der Waals surface area contributed by atoms with E-state index in [1.54, 1.807) is 12.1 Å². The summed E-state index contributed by atoms with van der Waals surface area (Å²) in [6, 6.07) is 18.3. The molecule has 0 saturated heterocycles. The third kappa shape index (κ3) is 4.59. The fourth-order valence-corrected chi connectivity index (χ4v) is 5.14. The Morgan fingerprint density at radius 2 is 1.82 bits per heavy atom. The lowest BCUT2D eigenvalue weighted by Crippen LogP contribution is -2.28. The number of rotatable bonds is 8. The maximum Gasteiger partial charge on any atom is 0.253 e. The SMILES string of the molecule is COc1ccc(C2CC(c3ccccc3)=NN2C(=O)CSc2nnc(C(C)C)n2C2CC2)cc1. The first kappa shape index (κ1) is 22.7. The molecule has 1 amide bonds. The van der Waals surface area contributed by atoms with Crippen molar-refractivity contribution in [1.82, 2.24) is 19.8 Å². The fourth-order valence-electron chi connectivity index (χ4n) is 4.28. The average molecular weight is 476 g/mol. The lowest BCUT2D eigenvalue weighted by Gasteiger charge is -2.22. The Balaban J connectivity index is 1.38. The van der Waals surface area contributed by atoms with Crippen LogP contribution in [0.15, 0.2) is 64.9 Å². The number of methoxy groups -OCH3 is 1. The van der Waals surface area contributed by atoms with Crippen LogP contribution < -0.4 is 4.74 Å². The highest BCUT2D eigenvalue weighted by Crippen LogP contribution is 2.40. The number of benzene rings is 2. The maximum absolute atomic E-state index is 13.5. The van der Waals surface area contributed by atoms with Gasteiger partial charge in [0.15, 0.2) is 5.16 Å². The summed E-state index contributed by atoms with van der Waals surface area (Å²) in [5, 5.41) is 16.1. The standard InChI is InChI=1S/C26H29N5O2S/c1-17(2)25-27-28-26(30(25)20-11-12-20)34-16-24(32)31-23(19-9-13-21(33-3)14-10-19)15-22(29-31)18-7-5-4-6-8-18/h4-10,13-14,17,20,23H,11-12,15-16H2,1-3H3. The first-order valence-electron chi connectivity index (χ1n) is 11.7. The van der Waals surface area contributed by atoms with Gasteiger partial charge >= 0.3 is 0 Å². The summed E-state index contributed by atoms with van der Waals surface area (Å²) in [5.74, 6) is 2.32. The molecule has 1 aliphatic heterocycles. The lowest BCUT2D eigenvalue weighted by molar-refractivity contribution is -0.130. The van der Waals surface area contributed by atoms with Crippen molar-refractivity contribution in [2.45, 2.75) is 56.3 Å². The molecule has 1 atom stereocenters. The summed E-state index contributed by atoms with van der Waals surface area (Å²) in [4.78, 5) is 13.5. The van der Waals surface area contributed by atoms with Crippen molar-refractivity contribution in [3.8, 4) is 5.75 Å². The zero-order valence-corrected chi connectivity index (χ0v) is 20.5. The van der Waals surface area contributed by atoms with Crippen LogP contribution in [0.25, 0.3) is 0 Å². The molecular formula is C26H29N5O2S. The normalized spacial score (nSPS) is 17.8. The van der Waals surface area contributed by atoms with E-state index in [0.29, 0.717) is 18.4 Å². The van der Waals surface area contributed by atoms with Crippen LogP contribution in [0.5, 0.6) is 5.75 Å². The van der Waals surface area contributed by atoms with Gasteiger partial charge in [-0.3, -0.25) is 4.79 Å². The Morgan fingerprint density at radius 3 is 2.47 bits per heavy atom. The molecule has 0 radical (unpaired) electrons. The molecule has 0 N–H and O–H groups in total. The zero-order chi connectivity index (χ0) is 23.7. The van der Waals surface area contributed by atoms with Gasteiger partial charge in [0, 0.05) is 18.4 Å². The minimum atomic E-state index is -0.151. The fraction of sp³-hybridized carbons (Fsp3) is 0.385. The van der Waals surface area contributed by atoms with Crippen LogP contribution in [-0.2, 0) is 4.79 Å². The first-order chi connectivity index (χ1) is 16.5. The van der Waals surface area contributed by atoms with Crippen LogP contribution in [0.2, 0.25) is 0 Å². The van der Waals surface area contributed by atoms with Gasteiger partial charge in [-0.1, -0.05) is 68.1 Å². The van der Waals surface area contributed by atoms with Gasteiger partial charge in [0.2, 0.25) is 0 Å². The Kier molecular flexibility index (Phi) is 6.41. The van der Waals surface area contributed by atoms with E-state index in [9.17, 15) is 4.79 Å². The summed E-state index contributed by atoms with van der Waals surface area (Å²) in [5.41, 5.74) is 3.00. The van der Waals surface area contributed by atoms with Gasteiger partial charge < -0.3 is 9.30 Å². The van der Waals surface area contributed by atoms with E-state index < -0.39 is 0 Å². The number of thioether (sulfide) groups is 1. The van der Waals surface area contributed by atoms with Crippen molar-refractivity contribution in [1.29, 1.82) is 0 Å². The van der Waals surface area contributed by atoms with Crippen LogP contribution in [-0.4, -0.2) is 44.3 Å². The monoisotopic (exact) mass is 475 g/mol. The van der Waals surface area contributed by atoms with Gasteiger partial charge in [-0.15, -0.1) is 10.2 Å². The van der Waals surface area contributed by atoms with Crippen molar-refractivity contribution < 1.29 is 9.53 Å². The lowest BCUT2D eigenvalue weighted by atomic mass is 9.98. The zero-order valence-electron chi connectivity index (χ0n) is 19.7. The molecule has 2 heterocycles. The second-order valence-electron chi connectivity index (χ2n) is 9.03. The van der Waals surface area contributed by atoms with E-state index in [-0.39, 0.29) is 17.7 Å². The number of hydrogen-bond donors (Lipinski definition) is 0. The number of aromatic nitrogens is 3. The van der Waals surface area contributed by atoms with Crippen molar-refractivity contribution in [3.63, 3.8) is 0 Å². The topological polar surface area (TPSA) is 72.6 Å². The molecule has 8 heteroatoms. The highest BCUT2D eigenvalue weighted by molar-refractivity contribution is 7.99. The summed E-state index contributed by atoms with van der Waals surface area (Å²) in [6.45, 7) is 4.26. The molecular weight excluding hydrogens is 446 g/mol. The summed E-state index contributed by atoms with van der Waals surface area (Å²) < 4.78 is 7.54. The first-order valence-corrected chi connectivity index (χ1v) is 12.7. The van der Waals surface area contributed by atoms with E-state index in [2.05, 4.69) is 28.6 Å². The molecule has 5 rings (SSSR count). The largest absolute Gasteiger partial charge is 0.497 e. The van der Waals surface area contributed by atoms with Gasteiger partial charge in [0.05, 0.1) is 24.6 Å². The molecule has 2 aromatic carbocycles. The predicted molar refractivity (Wildman–Crippen MR) is 133 cm³/mol. The van der Waals surface area contributed by atoms with E-state index >= 15 is 0 Å². The molecule has 1 aromatic heterocycles. The molecule has 1 fully saturated rings. The Bertz CT molecular complexity index is 1190. The molecule has 34 heavy (non-hydrogen) atoms. The molecule has 1 unspecified atom stereocenters. The van der Waals surface area contributed by atoms with Crippen LogP contribution in [0.3, 0.4) is 0 Å². The van der Waals surface area contributed by atoms with Gasteiger partial charge in [0.25, 0.3) is 5.91 Å².